The summed E-state index contributed by atoms with van der Waals surface area (Å²) >= 11 is 0. The zero-order chi connectivity index (χ0) is 14.5. The fraction of sp³-hybridized carbons (Fsp3) is 0.688. The molecule has 112 valence electrons. The molecule has 20 heavy (non-hydrogen) atoms. The molecule has 1 aromatic rings. The van der Waals surface area contributed by atoms with E-state index < -0.39 is 0 Å². The second-order valence-corrected chi connectivity index (χ2v) is 5.99. The van der Waals surface area contributed by atoms with Gasteiger partial charge in [-0.1, -0.05) is 20.3 Å². The molecule has 0 aliphatic carbocycles. The quantitative estimate of drug-likeness (QED) is 0.899. The molecule has 2 heterocycles. The first-order valence-electron chi connectivity index (χ1n) is 7.55. The maximum absolute atomic E-state index is 9.34. The molecule has 1 aliphatic rings. The molecule has 0 aromatic carbocycles. The van der Waals surface area contributed by atoms with Crippen molar-refractivity contribution in [2.45, 2.75) is 51.7 Å². The number of likely N-dealkylation sites (tertiary alicyclic amines) is 1. The predicted molar refractivity (Wildman–Crippen MR) is 80.0 cm³/mol. The van der Waals surface area contributed by atoms with E-state index in [1.54, 1.807) is 0 Å². The van der Waals surface area contributed by atoms with Crippen molar-refractivity contribution in [2.24, 2.45) is 0 Å². The third kappa shape index (κ3) is 3.93. The normalized spacial score (nSPS) is 20.4. The highest BCUT2D eigenvalue weighted by molar-refractivity contribution is 5.26. The molecule has 0 radical (unpaired) electrons. The minimum atomic E-state index is 0.0297. The van der Waals surface area contributed by atoms with E-state index in [1.165, 1.54) is 19.3 Å². The second kappa shape index (κ2) is 7.04. The Labute approximate surface area is 121 Å². The van der Waals surface area contributed by atoms with Crippen LogP contribution in [-0.2, 0) is 6.61 Å². The fourth-order valence-electron chi connectivity index (χ4n) is 2.58. The molecule has 1 N–H and O–H groups in total. The van der Waals surface area contributed by atoms with E-state index in [9.17, 15) is 5.11 Å². The van der Waals surface area contributed by atoms with Gasteiger partial charge in [0, 0.05) is 17.8 Å². The monoisotopic (exact) mass is 278 g/mol. The van der Waals surface area contributed by atoms with Crippen molar-refractivity contribution in [3.63, 3.8) is 0 Å². The summed E-state index contributed by atoms with van der Waals surface area (Å²) < 4.78 is 5.89. The van der Waals surface area contributed by atoms with Crippen LogP contribution in [0.5, 0.6) is 5.88 Å². The van der Waals surface area contributed by atoms with Gasteiger partial charge in [0.1, 0.15) is 6.61 Å². The van der Waals surface area contributed by atoms with Gasteiger partial charge >= 0.3 is 0 Å². The van der Waals surface area contributed by atoms with Crippen LogP contribution in [0.2, 0.25) is 0 Å². The Bertz CT molecular complexity index is 434. The number of rotatable bonds is 5. The van der Waals surface area contributed by atoms with Gasteiger partial charge in [0.05, 0.1) is 6.61 Å². The summed E-state index contributed by atoms with van der Waals surface area (Å²) in [5.41, 5.74) is 1.85. The predicted octanol–water partition coefficient (Wildman–Crippen LogP) is 2.56. The zero-order valence-electron chi connectivity index (χ0n) is 12.8. The zero-order valence-corrected chi connectivity index (χ0v) is 12.8. The van der Waals surface area contributed by atoms with E-state index in [4.69, 9.17) is 4.74 Å². The topological polar surface area (TPSA) is 45.6 Å². The fourth-order valence-corrected chi connectivity index (χ4v) is 2.58. The van der Waals surface area contributed by atoms with Crippen molar-refractivity contribution in [3.8, 4) is 5.88 Å². The summed E-state index contributed by atoms with van der Waals surface area (Å²) in [6, 6.07) is 4.27. The summed E-state index contributed by atoms with van der Waals surface area (Å²) in [6.07, 6.45) is 3.75. The van der Waals surface area contributed by atoms with Crippen molar-refractivity contribution in [1.29, 1.82) is 0 Å². The summed E-state index contributed by atoms with van der Waals surface area (Å²) in [5.74, 6) is 0.973. The molecule has 0 saturated carbocycles. The first-order chi connectivity index (χ1) is 9.60. The van der Waals surface area contributed by atoms with Crippen LogP contribution in [0, 0.1) is 0 Å². The number of nitrogens with zero attached hydrogens (tertiary/aromatic N) is 2. The molecule has 0 bridgehead atoms. The van der Waals surface area contributed by atoms with Gasteiger partial charge in [-0.05, 0) is 44.0 Å². The number of aliphatic hydroxyl groups excluding tert-OH is 1. The lowest BCUT2D eigenvalue weighted by atomic mass is 10.0. The molecule has 1 unspecified atom stereocenters. The molecule has 1 fully saturated rings. The lowest BCUT2D eigenvalue weighted by Gasteiger charge is -2.32. The first-order valence-corrected chi connectivity index (χ1v) is 7.55. The van der Waals surface area contributed by atoms with Crippen LogP contribution in [-0.4, -0.2) is 41.2 Å². The molecule has 1 aromatic heterocycles. The minimum Gasteiger partial charge on any atom is -0.476 e. The maximum Gasteiger partial charge on any atom is 0.213 e. The van der Waals surface area contributed by atoms with Crippen molar-refractivity contribution in [3.05, 3.63) is 23.4 Å². The smallest absolute Gasteiger partial charge is 0.213 e. The number of likely N-dealkylation sites (N-methyl/N-ethyl adjacent to an activating group) is 1. The molecule has 0 spiro atoms. The summed E-state index contributed by atoms with van der Waals surface area (Å²) in [7, 11) is 2.16. The average molecular weight is 278 g/mol. The van der Waals surface area contributed by atoms with E-state index in [0.717, 1.165) is 17.8 Å². The van der Waals surface area contributed by atoms with Crippen LogP contribution < -0.4 is 4.74 Å². The maximum atomic E-state index is 9.34. The highest BCUT2D eigenvalue weighted by atomic mass is 16.5. The van der Waals surface area contributed by atoms with Crippen LogP contribution >= 0.6 is 0 Å². The molecular formula is C16H26N2O2. The van der Waals surface area contributed by atoms with E-state index in [1.807, 2.05) is 12.1 Å². The number of piperidine rings is 1. The van der Waals surface area contributed by atoms with E-state index in [2.05, 4.69) is 30.8 Å². The number of pyridine rings is 1. The molecule has 1 saturated heterocycles. The lowest BCUT2D eigenvalue weighted by Crippen LogP contribution is -2.40. The Balaban J connectivity index is 2.02. The number of hydrogen-bond donors (Lipinski definition) is 1. The molecule has 1 aliphatic heterocycles. The van der Waals surface area contributed by atoms with Gasteiger partial charge in [0.15, 0.2) is 0 Å². The Kier molecular flexibility index (Phi) is 5.38. The van der Waals surface area contributed by atoms with Crippen molar-refractivity contribution in [1.82, 2.24) is 9.88 Å². The Hall–Kier alpha value is -1.13. The number of ether oxygens (including phenoxy) is 1. The van der Waals surface area contributed by atoms with Crippen LogP contribution in [0.4, 0.5) is 0 Å². The minimum absolute atomic E-state index is 0.0297. The molecule has 2 rings (SSSR count). The largest absolute Gasteiger partial charge is 0.476 e. The van der Waals surface area contributed by atoms with Gasteiger partial charge in [-0.15, -0.1) is 0 Å². The number of aromatic nitrogens is 1. The van der Waals surface area contributed by atoms with Crippen molar-refractivity contribution >= 4 is 0 Å². The van der Waals surface area contributed by atoms with Crippen LogP contribution in [0.15, 0.2) is 12.1 Å². The Morgan fingerprint density at radius 2 is 2.20 bits per heavy atom. The second-order valence-electron chi connectivity index (χ2n) is 5.99. The molecule has 0 amide bonds. The van der Waals surface area contributed by atoms with Crippen molar-refractivity contribution < 1.29 is 9.84 Å². The van der Waals surface area contributed by atoms with Gasteiger partial charge in [-0.25, -0.2) is 4.98 Å². The summed E-state index contributed by atoms with van der Waals surface area (Å²) in [6.45, 7) is 6.05. The van der Waals surface area contributed by atoms with E-state index in [0.29, 0.717) is 24.4 Å². The number of hydrogen-bond acceptors (Lipinski definition) is 4. The third-order valence-corrected chi connectivity index (χ3v) is 4.00. The third-order valence-electron chi connectivity index (χ3n) is 4.00. The SMILES string of the molecule is CC(C)c1cc(CO)cc(OCC2CCCCN2C)n1. The van der Waals surface area contributed by atoms with Gasteiger partial charge in [0.25, 0.3) is 0 Å². The van der Waals surface area contributed by atoms with Crippen LogP contribution in [0.1, 0.15) is 50.3 Å². The molecular weight excluding hydrogens is 252 g/mol. The summed E-state index contributed by atoms with van der Waals surface area (Å²) in [5, 5.41) is 9.34. The molecule has 1 atom stereocenters. The van der Waals surface area contributed by atoms with Crippen molar-refractivity contribution in [2.75, 3.05) is 20.2 Å². The van der Waals surface area contributed by atoms with E-state index in [-0.39, 0.29) is 6.61 Å². The lowest BCUT2D eigenvalue weighted by molar-refractivity contribution is 0.122. The Morgan fingerprint density at radius 1 is 1.40 bits per heavy atom. The summed E-state index contributed by atoms with van der Waals surface area (Å²) in [4.78, 5) is 6.90. The molecule has 4 heteroatoms. The first kappa shape index (κ1) is 15.3. The van der Waals surface area contributed by atoms with E-state index >= 15 is 0 Å². The Morgan fingerprint density at radius 3 is 2.85 bits per heavy atom. The van der Waals surface area contributed by atoms with Gasteiger partial charge in [0.2, 0.25) is 5.88 Å². The van der Waals surface area contributed by atoms with Crippen LogP contribution in [0.25, 0.3) is 0 Å². The molecule has 4 nitrogen and oxygen atoms in total. The van der Waals surface area contributed by atoms with Gasteiger partial charge in [-0.2, -0.15) is 0 Å². The standard InChI is InChI=1S/C16H26N2O2/c1-12(2)15-8-13(10-19)9-16(17-15)20-11-14-6-4-5-7-18(14)3/h8-9,12,14,19H,4-7,10-11H2,1-3H3. The van der Waals surface area contributed by atoms with Gasteiger partial charge < -0.3 is 14.7 Å². The number of aliphatic hydroxyl groups is 1. The van der Waals surface area contributed by atoms with Gasteiger partial charge in [-0.3, -0.25) is 0 Å². The highest BCUT2D eigenvalue weighted by Gasteiger charge is 2.19. The van der Waals surface area contributed by atoms with Crippen LogP contribution in [0.3, 0.4) is 0 Å². The highest BCUT2D eigenvalue weighted by Crippen LogP contribution is 2.21. The average Bonchev–Trinajstić information content (AvgIpc) is 2.46.